The first-order chi connectivity index (χ1) is 13.3. The van der Waals surface area contributed by atoms with Crippen molar-refractivity contribution in [1.29, 1.82) is 0 Å². The van der Waals surface area contributed by atoms with Gasteiger partial charge in [0.05, 0.1) is 13.2 Å². The number of thiophene rings is 1. The van der Waals surface area contributed by atoms with Crippen LogP contribution in [0.5, 0.6) is 5.75 Å². The fourth-order valence-electron chi connectivity index (χ4n) is 3.60. The number of hydrogen-bond donors (Lipinski definition) is 2. The summed E-state index contributed by atoms with van der Waals surface area (Å²) in [4.78, 5) is 6.96. The van der Waals surface area contributed by atoms with Crippen LogP contribution in [0.4, 0.5) is 0 Å². The van der Waals surface area contributed by atoms with Gasteiger partial charge in [0.1, 0.15) is 5.75 Å². The molecule has 0 spiro atoms. The van der Waals surface area contributed by atoms with Gasteiger partial charge >= 0.3 is 0 Å². The summed E-state index contributed by atoms with van der Waals surface area (Å²) in [6.45, 7) is 3.84. The largest absolute Gasteiger partial charge is 0.496 e. The third-order valence-corrected chi connectivity index (χ3v) is 5.79. The minimum absolute atomic E-state index is 0. The molecule has 1 aromatic carbocycles. The Morgan fingerprint density at radius 1 is 1.18 bits per heavy atom. The standard InChI is InChI=1S/C21H30N4OS.HI/c1-22-21(23-14-17-10-13-27-16-17)24-15-19(25-11-6-3-7-12-25)18-8-4-5-9-20(18)26-2;/h4-5,8-10,13,16,19H,3,6-7,11-12,14-15H2,1-2H3,(H2,22,23,24);1H. The number of rotatable bonds is 7. The summed E-state index contributed by atoms with van der Waals surface area (Å²) < 4.78 is 5.65. The fourth-order valence-corrected chi connectivity index (χ4v) is 4.27. The molecule has 1 aromatic heterocycles. The van der Waals surface area contributed by atoms with Crippen LogP contribution >= 0.6 is 35.3 Å². The molecule has 1 aliphatic rings. The number of methoxy groups -OCH3 is 1. The Hall–Kier alpha value is -1.32. The Labute approximate surface area is 189 Å². The third kappa shape index (κ3) is 6.35. The third-order valence-electron chi connectivity index (χ3n) is 5.06. The summed E-state index contributed by atoms with van der Waals surface area (Å²) >= 11 is 1.72. The molecule has 0 bridgehead atoms. The molecule has 0 radical (unpaired) electrons. The first-order valence-electron chi connectivity index (χ1n) is 9.64. The van der Waals surface area contributed by atoms with Gasteiger partial charge in [-0.25, -0.2) is 0 Å². The van der Waals surface area contributed by atoms with E-state index in [1.807, 2.05) is 13.1 Å². The number of benzene rings is 1. The molecule has 3 rings (SSSR count). The van der Waals surface area contributed by atoms with Crippen LogP contribution in [0.3, 0.4) is 0 Å². The van der Waals surface area contributed by atoms with Crippen molar-refractivity contribution < 1.29 is 4.74 Å². The highest BCUT2D eigenvalue weighted by Crippen LogP contribution is 2.30. The van der Waals surface area contributed by atoms with Gasteiger partial charge in [0, 0.05) is 25.7 Å². The van der Waals surface area contributed by atoms with Crippen LogP contribution in [-0.4, -0.2) is 44.7 Å². The monoisotopic (exact) mass is 514 g/mol. The van der Waals surface area contributed by atoms with Gasteiger partial charge in [-0.05, 0) is 54.4 Å². The predicted molar refractivity (Wildman–Crippen MR) is 129 cm³/mol. The highest BCUT2D eigenvalue weighted by atomic mass is 127. The summed E-state index contributed by atoms with van der Waals surface area (Å²) in [6, 6.07) is 10.8. The number of piperidine rings is 1. The molecule has 0 amide bonds. The second kappa shape index (κ2) is 12.3. The Kier molecular flexibility index (Phi) is 10.1. The van der Waals surface area contributed by atoms with Crippen LogP contribution in [0.15, 0.2) is 46.1 Å². The topological polar surface area (TPSA) is 48.9 Å². The number of likely N-dealkylation sites (tertiary alicyclic amines) is 1. The van der Waals surface area contributed by atoms with E-state index in [1.54, 1.807) is 18.4 Å². The molecule has 1 saturated heterocycles. The number of para-hydroxylation sites is 1. The number of ether oxygens (including phenoxy) is 1. The molecule has 1 atom stereocenters. The summed E-state index contributed by atoms with van der Waals surface area (Å²) in [6.07, 6.45) is 3.85. The molecule has 1 aliphatic heterocycles. The van der Waals surface area contributed by atoms with Crippen LogP contribution in [0, 0.1) is 0 Å². The molecule has 1 fully saturated rings. The van der Waals surface area contributed by atoms with E-state index in [2.05, 4.69) is 55.6 Å². The average Bonchev–Trinajstić information content (AvgIpc) is 3.25. The van der Waals surface area contributed by atoms with E-state index in [9.17, 15) is 0 Å². The lowest BCUT2D eigenvalue weighted by atomic mass is 10.0. The molecule has 0 saturated carbocycles. The van der Waals surface area contributed by atoms with E-state index in [-0.39, 0.29) is 30.0 Å². The normalized spacial score (nSPS) is 16.1. The highest BCUT2D eigenvalue weighted by molar-refractivity contribution is 14.0. The van der Waals surface area contributed by atoms with E-state index < -0.39 is 0 Å². The van der Waals surface area contributed by atoms with Gasteiger partial charge in [0.25, 0.3) is 0 Å². The zero-order chi connectivity index (χ0) is 18.9. The number of nitrogens with one attached hydrogen (secondary N) is 2. The number of nitrogens with zero attached hydrogens (tertiary/aromatic N) is 2. The van der Waals surface area contributed by atoms with Crippen LogP contribution in [0.2, 0.25) is 0 Å². The first-order valence-corrected chi connectivity index (χ1v) is 10.6. The zero-order valence-electron chi connectivity index (χ0n) is 16.7. The van der Waals surface area contributed by atoms with Crippen molar-refractivity contribution in [2.75, 3.05) is 33.8 Å². The molecule has 154 valence electrons. The number of guanidine groups is 1. The Bertz CT molecular complexity index is 717. The van der Waals surface area contributed by atoms with Gasteiger partial charge in [0.2, 0.25) is 0 Å². The van der Waals surface area contributed by atoms with Crippen molar-refractivity contribution >= 4 is 41.3 Å². The molecular weight excluding hydrogens is 483 g/mol. The quantitative estimate of drug-likeness (QED) is 0.329. The van der Waals surface area contributed by atoms with E-state index in [4.69, 9.17) is 4.74 Å². The molecule has 7 heteroatoms. The van der Waals surface area contributed by atoms with Crippen molar-refractivity contribution in [3.8, 4) is 5.75 Å². The second-order valence-corrected chi connectivity index (χ2v) is 7.57. The number of aliphatic imine (C=N–C) groups is 1. The van der Waals surface area contributed by atoms with Crippen LogP contribution in [0.1, 0.15) is 36.4 Å². The maximum Gasteiger partial charge on any atom is 0.191 e. The maximum absolute atomic E-state index is 5.65. The number of hydrogen-bond acceptors (Lipinski definition) is 4. The van der Waals surface area contributed by atoms with Crippen molar-refractivity contribution in [3.05, 3.63) is 52.2 Å². The molecule has 5 nitrogen and oxygen atoms in total. The van der Waals surface area contributed by atoms with Gasteiger partial charge in [-0.3, -0.25) is 9.89 Å². The molecule has 1 unspecified atom stereocenters. The van der Waals surface area contributed by atoms with E-state index in [0.717, 1.165) is 37.9 Å². The van der Waals surface area contributed by atoms with Crippen molar-refractivity contribution in [2.24, 2.45) is 4.99 Å². The molecule has 2 heterocycles. The van der Waals surface area contributed by atoms with Crippen molar-refractivity contribution in [2.45, 2.75) is 31.8 Å². The average molecular weight is 514 g/mol. The predicted octanol–water partition coefficient (Wildman–Crippen LogP) is 4.27. The summed E-state index contributed by atoms with van der Waals surface area (Å²) in [5.41, 5.74) is 2.52. The summed E-state index contributed by atoms with van der Waals surface area (Å²) in [7, 11) is 3.57. The molecule has 0 aliphatic carbocycles. The van der Waals surface area contributed by atoms with E-state index in [1.165, 1.54) is 30.4 Å². The Balaban J connectivity index is 0.00000280. The van der Waals surface area contributed by atoms with Crippen LogP contribution < -0.4 is 15.4 Å². The second-order valence-electron chi connectivity index (χ2n) is 6.79. The van der Waals surface area contributed by atoms with Gasteiger partial charge in [-0.1, -0.05) is 24.6 Å². The Morgan fingerprint density at radius 3 is 2.64 bits per heavy atom. The molecular formula is C21H31IN4OS. The number of halogens is 1. The van der Waals surface area contributed by atoms with Crippen LogP contribution in [-0.2, 0) is 6.54 Å². The highest BCUT2D eigenvalue weighted by Gasteiger charge is 2.25. The molecule has 2 aromatic rings. The molecule has 28 heavy (non-hydrogen) atoms. The smallest absolute Gasteiger partial charge is 0.191 e. The minimum atomic E-state index is 0. The molecule has 2 N–H and O–H groups in total. The van der Waals surface area contributed by atoms with Crippen LogP contribution in [0.25, 0.3) is 0 Å². The summed E-state index contributed by atoms with van der Waals surface area (Å²) in [5, 5.41) is 11.2. The maximum atomic E-state index is 5.65. The minimum Gasteiger partial charge on any atom is -0.496 e. The lowest BCUT2D eigenvalue weighted by Gasteiger charge is -2.35. The van der Waals surface area contributed by atoms with E-state index in [0.29, 0.717) is 0 Å². The Morgan fingerprint density at radius 2 is 1.96 bits per heavy atom. The fraction of sp³-hybridized carbons (Fsp3) is 0.476. The zero-order valence-corrected chi connectivity index (χ0v) is 19.8. The van der Waals surface area contributed by atoms with Gasteiger partial charge in [-0.2, -0.15) is 11.3 Å². The van der Waals surface area contributed by atoms with Gasteiger partial charge < -0.3 is 15.4 Å². The van der Waals surface area contributed by atoms with Gasteiger partial charge in [-0.15, -0.1) is 24.0 Å². The summed E-state index contributed by atoms with van der Waals surface area (Å²) in [5.74, 6) is 1.79. The van der Waals surface area contributed by atoms with Crippen molar-refractivity contribution in [3.63, 3.8) is 0 Å². The first kappa shape index (κ1) is 23.0. The lowest BCUT2D eigenvalue weighted by molar-refractivity contribution is 0.161. The van der Waals surface area contributed by atoms with E-state index >= 15 is 0 Å². The van der Waals surface area contributed by atoms with Gasteiger partial charge in [0.15, 0.2) is 5.96 Å². The SMILES string of the molecule is CN=C(NCc1ccsc1)NCC(c1ccccc1OC)N1CCCCC1.I. The van der Waals surface area contributed by atoms with Crippen molar-refractivity contribution in [1.82, 2.24) is 15.5 Å². The lowest BCUT2D eigenvalue weighted by Crippen LogP contribution is -2.44.